The van der Waals surface area contributed by atoms with Gasteiger partial charge in [0.1, 0.15) is 16.4 Å². The van der Waals surface area contributed by atoms with Crippen molar-refractivity contribution in [2.45, 2.75) is 55.6 Å². The van der Waals surface area contributed by atoms with Crippen molar-refractivity contribution in [3.63, 3.8) is 0 Å². The van der Waals surface area contributed by atoms with E-state index < -0.39 is 5.82 Å². The number of hydrogen-bond donors (Lipinski definition) is 3. The number of rotatable bonds is 7. The molecule has 1 saturated carbocycles. The van der Waals surface area contributed by atoms with Gasteiger partial charge in [-0.2, -0.15) is 0 Å². The Morgan fingerprint density at radius 3 is 2.97 bits per heavy atom. The third-order valence-electron chi connectivity index (χ3n) is 6.18. The predicted octanol–water partition coefficient (Wildman–Crippen LogP) is 2.17. The fraction of sp³-hybridized carbons (Fsp3) is 0.435. The molecule has 2 aliphatic rings. The summed E-state index contributed by atoms with van der Waals surface area (Å²) in [7, 11) is 1.49. The number of nitrogens with one attached hydrogen (secondary N) is 2. The van der Waals surface area contributed by atoms with E-state index >= 15 is 0 Å². The molecule has 1 aromatic carbocycles. The molecule has 0 unspecified atom stereocenters. The lowest BCUT2D eigenvalue weighted by atomic mass is 9.89. The van der Waals surface area contributed by atoms with E-state index in [0.717, 1.165) is 23.6 Å². The minimum absolute atomic E-state index is 0.0515. The van der Waals surface area contributed by atoms with Gasteiger partial charge >= 0.3 is 0 Å². The lowest BCUT2D eigenvalue weighted by Gasteiger charge is -2.34. The van der Waals surface area contributed by atoms with Crippen LogP contribution >= 0.6 is 11.8 Å². The van der Waals surface area contributed by atoms with E-state index in [1.165, 1.54) is 31.1 Å². The minimum atomic E-state index is -0.398. The van der Waals surface area contributed by atoms with Gasteiger partial charge in [-0.05, 0) is 31.4 Å². The molecule has 3 atom stereocenters. The molecule has 2 aromatic heterocycles. The standard InChI is InChI=1S/C23H26FN7O3S/c1-33-20-9-27-17-4-3-15(24)14(21(17)31-20)10-34-18-5-2-12(6-16(18)25)26-7-13-8-28-23-22(29-13)30-19(32)11-35-23/h3-4,8-9,12,16,18,26H,2,5-7,10-11,25H2,1H3,(H,29,30,32)/t12-,16+,18-/m0/s1. The third-order valence-corrected chi connectivity index (χ3v) is 7.16. The van der Waals surface area contributed by atoms with Crippen molar-refractivity contribution in [1.82, 2.24) is 25.3 Å². The number of methoxy groups -OCH3 is 1. The molecule has 3 aromatic rings. The Balaban J connectivity index is 1.16. The highest BCUT2D eigenvalue weighted by Gasteiger charge is 2.29. The van der Waals surface area contributed by atoms with Gasteiger partial charge in [-0.3, -0.25) is 4.79 Å². The number of carbonyl (C=O) groups excluding carboxylic acids is 1. The van der Waals surface area contributed by atoms with Crippen molar-refractivity contribution in [1.29, 1.82) is 0 Å². The maximum atomic E-state index is 14.6. The molecule has 4 N–H and O–H groups in total. The van der Waals surface area contributed by atoms with Crippen molar-refractivity contribution in [3.8, 4) is 5.88 Å². The van der Waals surface area contributed by atoms with Gasteiger partial charge in [-0.15, -0.1) is 0 Å². The Morgan fingerprint density at radius 1 is 1.26 bits per heavy atom. The fourth-order valence-electron chi connectivity index (χ4n) is 4.33. The Kier molecular flexibility index (Phi) is 7.04. The number of nitrogens with zero attached hydrogens (tertiary/aromatic N) is 4. The summed E-state index contributed by atoms with van der Waals surface area (Å²) < 4.78 is 25.8. The molecule has 1 aliphatic heterocycles. The van der Waals surface area contributed by atoms with E-state index in [2.05, 4.69) is 30.6 Å². The fourth-order valence-corrected chi connectivity index (χ4v) is 5.03. The normalized spacial score (nSPS) is 22.0. The molecule has 0 saturated heterocycles. The number of hydrogen-bond acceptors (Lipinski definition) is 10. The van der Waals surface area contributed by atoms with Crippen LogP contribution in [0.5, 0.6) is 5.88 Å². The van der Waals surface area contributed by atoms with Crippen LogP contribution < -0.4 is 21.1 Å². The first-order chi connectivity index (χ1) is 17.0. The molecule has 3 heterocycles. The zero-order chi connectivity index (χ0) is 24.4. The average Bonchev–Trinajstić information content (AvgIpc) is 2.87. The Labute approximate surface area is 205 Å². The van der Waals surface area contributed by atoms with Gasteiger partial charge in [-0.1, -0.05) is 11.8 Å². The lowest BCUT2D eigenvalue weighted by Crippen LogP contribution is -2.47. The highest BCUT2D eigenvalue weighted by molar-refractivity contribution is 8.00. The number of nitrogens with two attached hydrogens (primary N) is 1. The summed E-state index contributed by atoms with van der Waals surface area (Å²) in [6.07, 6.45) is 5.33. The quantitative estimate of drug-likeness (QED) is 0.443. The SMILES string of the molecule is COc1cnc2ccc(F)c(CO[C@H]3CC[C@H](NCc4cnc5c(n4)NC(=O)CS5)C[C@H]3N)c2n1. The monoisotopic (exact) mass is 499 g/mol. The summed E-state index contributed by atoms with van der Waals surface area (Å²) >= 11 is 1.38. The first-order valence-corrected chi connectivity index (χ1v) is 12.4. The summed E-state index contributed by atoms with van der Waals surface area (Å²) in [4.78, 5) is 29.1. The van der Waals surface area contributed by atoms with Gasteiger partial charge < -0.3 is 25.8 Å². The molecule has 0 radical (unpaired) electrons. The Morgan fingerprint density at radius 2 is 2.14 bits per heavy atom. The molecule has 1 fully saturated rings. The van der Waals surface area contributed by atoms with Crippen molar-refractivity contribution in [2.24, 2.45) is 5.73 Å². The number of ether oxygens (including phenoxy) is 2. The van der Waals surface area contributed by atoms with Gasteiger partial charge in [0.05, 0.1) is 49.2 Å². The number of carbonyl (C=O) groups is 1. The zero-order valence-electron chi connectivity index (χ0n) is 19.2. The second-order valence-electron chi connectivity index (χ2n) is 8.56. The maximum Gasteiger partial charge on any atom is 0.236 e. The van der Waals surface area contributed by atoms with Crippen LogP contribution in [0.4, 0.5) is 10.2 Å². The number of benzene rings is 1. The Hall–Kier alpha value is -2.93. The summed E-state index contributed by atoms with van der Waals surface area (Å²) in [6, 6.07) is 2.95. The summed E-state index contributed by atoms with van der Waals surface area (Å²) in [5.41, 5.74) is 8.52. The molecule has 0 spiro atoms. The first-order valence-electron chi connectivity index (χ1n) is 11.4. The molecule has 184 valence electrons. The number of halogens is 1. The average molecular weight is 500 g/mol. The van der Waals surface area contributed by atoms with Crippen LogP contribution in [0.2, 0.25) is 0 Å². The third kappa shape index (κ3) is 5.35. The van der Waals surface area contributed by atoms with Crippen LogP contribution in [-0.2, 0) is 22.7 Å². The predicted molar refractivity (Wildman–Crippen MR) is 128 cm³/mol. The Bertz CT molecular complexity index is 1250. The van der Waals surface area contributed by atoms with Crippen molar-refractivity contribution >= 4 is 34.5 Å². The maximum absolute atomic E-state index is 14.6. The van der Waals surface area contributed by atoms with Crippen molar-refractivity contribution in [3.05, 3.63) is 41.6 Å². The van der Waals surface area contributed by atoms with Crippen LogP contribution in [0.3, 0.4) is 0 Å². The highest BCUT2D eigenvalue weighted by atomic mass is 32.2. The number of fused-ring (bicyclic) bond motifs is 2. The lowest BCUT2D eigenvalue weighted by molar-refractivity contribution is -0.113. The number of aromatic nitrogens is 4. The molecule has 1 aliphatic carbocycles. The topological polar surface area (TPSA) is 137 Å². The van der Waals surface area contributed by atoms with Crippen molar-refractivity contribution < 1.29 is 18.7 Å². The molecular weight excluding hydrogens is 473 g/mol. The molecule has 35 heavy (non-hydrogen) atoms. The van der Waals surface area contributed by atoms with Gasteiger partial charge in [0.15, 0.2) is 5.82 Å². The van der Waals surface area contributed by atoms with Crippen LogP contribution in [0, 0.1) is 5.82 Å². The zero-order valence-corrected chi connectivity index (χ0v) is 20.0. The number of thioether (sulfide) groups is 1. The van der Waals surface area contributed by atoms with E-state index in [1.807, 2.05) is 0 Å². The first kappa shape index (κ1) is 23.8. The summed E-state index contributed by atoms with van der Waals surface area (Å²) in [5, 5.41) is 6.97. The molecular formula is C23H26FN7O3S. The van der Waals surface area contributed by atoms with Gasteiger partial charge in [0, 0.05) is 24.2 Å². The van der Waals surface area contributed by atoms with Crippen LogP contribution in [0.25, 0.3) is 11.0 Å². The van der Waals surface area contributed by atoms with E-state index in [-0.39, 0.29) is 30.7 Å². The second kappa shape index (κ2) is 10.4. The molecule has 1 amide bonds. The van der Waals surface area contributed by atoms with E-state index in [9.17, 15) is 9.18 Å². The molecule has 10 nitrogen and oxygen atoms in total. The van der Waals surface area contributed by atoms with E-state index in [4.69, 9.17) is 15.2 Å². The molecule has 0 bridgehead atoms. The minimum Gasteiger partial charge on any atom is -0.480 e. The summed E-state index contributed by atoms with van der Waals surface area (Å²) in [5.74, 6) is 0.724. The second-order valence-corrected chi connectivity index (χ2v) is 9.53. The molecule has 12 heteroatoms. The number of anilines is 1. The smallest absolute Gasteiger partial charge is 0.236 e. The van der Waals surface area contributed by atoms with Crippen LogP contribution in [-0.4, -0.2) is 56.9 Å². The largest absolute Gasteiger partial charge is 0.480 e. The van der Waals surface area contributed by atoms with Gasteiger partial charge in [0.25, 0.3) is 0 Å². The summed E-state index contributed by atoms with van der Waals surface area (Å²) in [6.45, 7) is 0.571. The van der Waals surface area contributed by atoms with Crippen LogP contribution in [0.15, 0.2) is 29.6 Å². The molecule has 5 rings (SSSR count). The number of amides is 1. The van der Waals surface area contributed by atoms with E-state index in [0.29, 0.717) is 47.0 Å². The van der Waals surface area contributed by atoms with E-state index in [1.54, 1.807) is 12.3 Å². The van der Waals surface area contributed by atoms with Gasteiger partial charge in [0.2, 0.25) is 11.8 Å². The van der Waals surface area contributed by atoms with Gasteiger partial charge in [-0.25, -0.2) is 24.3 Å². The van der Waals surface area contributed by atoms with Crippen molar-refractivity contribution in [2.75, 3.05) is 18.2 Å². The highest BCUT2D eigenvalue weighted by Crippen LogP contribution is 2.28. The van der Waals surface area contributed by atoms with Crippen LogP contribution in [0.1, 0.15) is 30.5 Å².